The van der Waals surface area contributed by atoms with Crippen molar-refractivity contribution in [2.75, 3.05) is 0 Å². The lowest BCUT2D eigenvalue weighted by Crippen LogP contribution is -2.07. The lowest BCUT2D eigenvalue weighted by atomic mass is 10.0. The molecular formula is C23H14ClN5O5. The summed E-state index contributed by atoms with van der Waals surface area (Å²) in [6, 6.07) is 15.6. The minimum atomic E-state index is -0.733. The highest BCUT2D eigenvalue weighted by Crippen LogP contribution is 2.39. The zero-order valence-electron chi connectivity index (χ0n) is 17.5. The summed E-state index contributed by atoms with van der Waals surface area (Å²) in [4.78, 5) is 35.6. The fourth-order valence-electron chi connectivity index (χ4n) is 3.96. The summed E-state index contributed by atoms with van der Waals surface area (Å²) in [5.74, 6) is -0.534. The number of nitro groups is 2. The third-order valence-electron chi connectivity index (χ3n) is 5.54. The molecule has 0 N–H and O–H groups in total. The van der Waals surface area contributed by atoms with Crippen LogP contribution < -0.4 is 0 Å². The van der Waals surface area contributed by atoms with Gasteiger partial charge in [-0.15, -0.1) is 0 Å². The van der Waals surface area contributed by atoms with Gasteiger partial charge in [-0.05, 0) is 43.3 Å². The molecule has 0 atom stereocenters. The first-order valence-electron chi connectivity index (χ1n) is 9.98. The molecule has 11 heteroatoms. The Morgan fingerprint density at radius 3 is 2.26 bits per heavy atom. The van der Waals surface area contributed by atoms with Crippen LogP contribution in [0.3, 0.4) is 0 Å². The summed E-state index contributed by atoms with van der Waals surface area (Å²) in [6.07, 6.45) is 1.46. The Kier molecular flexibility index (Phi) is 4.87. The number of aryl methyl sites for hydroxylation is 1. The predicted molar refractivity (Wildman–Crippen MR) is 125 cm³/mol. The van der Waals surface area contributed by atoms with Gasteiger partial charge < -0.3 is 0 Å². The molecule has 0 aliphatic rings. The van der Waals surface area contributed by atoms with Crippen molar-refractivity contribution in [3.05, 3.63) is 109 Å². The fourth-order valence-corrected chi connectivity index (χ4v) is 4.08. The van der Waals surface area contributed by atoms with Crippen LogP contribution in [-0.4, -0.2) is 29.8 Å². The van der Waals surface area contributed by atoms with Crippen LogP contribution in [0, 0.1) is 27.2 Å². The lowest BCUT2D eigenvalue weighted by molar-refractivity contribution is -0.393. The van der Waals surface area contributed by atoms with Crippen molar-refractivity contribution in [3.8, 4) is 5.69 Å². The van der Waals surface area contributed by atoms with Crippen molar-refractivity contribution in [1.29, 1.82) is 0 Å². The van der Waals surface area contributed by atoms with Crippen LogP contribution in [0.2, 0.25) is 5.02 Å². The first-order valence-corrected chi connectivity index (χ1v) is 10.4. The van der Waals surface area contributed by atoms with Crippen molar-refractivity contribution in [3.63, 3.8) is 0 Å². The molecule has 34 heavy (non-hydrogen) atoms. The number of aromatic nitrogens is 3. The van der Waals surface area contributed by atoms with Gasteiger partial charge >= 0.3 is 0 Å². The zero-order valence-corrected chi connectivity index (χ0v) is 18.3. The van der Waals surface area contributed by atoms with Gasteiger partial charge in [-0.1, -0.05) is 29.3 Å². The number of benzene rings is 3. The standard InChI is InChI=1S/C23H14ClN5O5/c1-13-2-8-16(9-3-13)26-12-25-27-21(22(30)14-4-6-15(24)7-5-14)20-18(23(26)27)10-17(28(31)32)11-19(20)29(33)34/h2-12H,1H3. The highest BCUT2D eigenvalue weighted by molar-refractivity contribution is 6.30. The predicted octanol–water partition coefficient (Wildman–Crippen LogP) is 5.29. The van der Waals surface area contributed by atoms with E-state index < -0.39 is 27.0 Å². The van der Waals surface area contributed by atoms with Gasteiger partial charge in [0.1, 0.15) is 17.7 Å². The normalized spacial score (nSPS) is 11.2. The monoisotopic (exact) mass is 475 g/mol. The third kappa shape index (κ3) is 3.28. The number of carbonyl (C=O) groups excluding carboxylic acids is 1. The molecule has 0 aliphatic carbocycles. The average Bonchev–Trinajstić information content (AvgIpc) is 3.37. The highest BCUT2D eigenvalue weighted by atomic mass is 35.5. The quantitative estimate of drug-likeness (QED) is 0.193. The summed E-state index contributed by atoms with van der Waals surface area (Å²) >= 11 is 5.94. The van der Waals surface area contributed by atoms with Gasteiger partial charge in [-0.25, -0.2) is 4.52 Å². The molecule has 3 aromatic carbocycles. The van der Waals surface area contributed by atoms with E-state index in [9.17, 15) is 25.0 Å². The van der Waals surface area contributed by atoms with Gasteiger partial charge in [0.25, 0.3) is 11.4 Å². The molecule has 0 bridgehead atoms. The van der Waals surface area contributed by atoms with Crippen molar-refractivity contribution < 1.29 is 14.6 Å². The molecule has 10 nitrogen and oxygen atoms in total. The Balaban J connectivity index is 1.92. The SMILES string of the molecule is Cc1ccc(-n2cnn3c(C(=O)c4ccc(Cl)cc4)c4c([N+](=O)[O-])cc([N+](=O)[O-])cc4c23)cc1. The van der Waals surface area contributed by atoms with Crippen LogP contribution >= 0.6 is 11.6 Å². The smallest absolute Gasteiger partial charge is 0.286 e. The molecule has 0 amide bonds. The molecule has 0 unspecified atom stereocenters. The molecule has 168 valence electrons. The summed E-state index contributed by atoms with van der Waals surface area (Å²) < 4.78 is 2.92. The first-order chi connectivity index (χ1) is 16.3. The van der Waals surface area contributed by atoms with Crippen LogP contribution in [0.4, 0.5) is 11.4 Å². The minimum Gasteiger partial charge on any atom is -0.287 e. The van der Waals surface area contributed by atoms with Crippen LogP contribution in [0.25, 0.3) is 22.1 Å². The van der Waals surface area contributed by atoms with E-state index in [-0.39, 0.29) is 22.0 Å². The van der Waals surface area contributed by atoms with Crippen molar-refractivity contribution in [2.45, 2.75) is 6.92 Å². The van der Waals surface area contributed by atoms with Crippen LogP contribution in [0.1, 0.15) is 21.6 Å². The molecule has 0 saturated heterocycles. The van der Waals surface area contributed by atoms with E-state index >= 15 is 0 Å². The molecule has 5 rings (SSSR count). The van der Waals surface area contributed by atoms with Gasteiger partial charge in [0.05, 0.1) is 21.3 Å². The minimum absolute atomic E-state index is 0.0282. The van der Waals surface area contributed by atoms with E-state index in [0.717, 1.165) is 11.6 Å². The fraction of sp³-hybridized carbons (Fsp3) is 0.0435. The maximum absolute atomic E-state index is 13.6. The van der Waals surface area contributed by atoms with E-state index in [1.165, 1.54) is 41.2 Å². The molecule has 0 aliphatic heterocycles. The number of hydrogen-bond acceptors (Lipinski definition) is 6. The van der Waals surface area contributed by atoms with E-state index in [1.807, 2.05) is 31.2 Å². The molecule has 0 fully saturated rings. The molecule has 0 spiro atoms. The number of nitro benzene ring substituents is 2. The second kappa shape index (κ2) is 7.78. The van der Waals surface area contributed by atoms with Gasteiger partial charge in [-0.3, -0.25) is 29.6 Å². The molecule has 5 aromatic rings. The summed E-state index contributed by atoms with van der Waals surface area (Å²) in [7, 11) is 0. The maximum Gasteiger partial charge on any atom is 0.286 e. The Morgan fingerprint density at radius 2 is 1.65 bits per heavy atom. The number of ketones is 1. The topological polar surface area (TPSA) is 126 Å². The molecule has 0 radical (unpaired) electrons. The van der Waals surface area contributed by atoms with E-state index in [0.29, 0.717) is 16.4 Å². The Labute approximate surface area is 195 Å². The van der Waals surface area contributed by atoms with Crippen molar-refractivity contribution in [1.82, 2.24) is 14.2 Å². The maximum atomic E-state index is 13.6. The molecule has 0 saturated carbocycles. The molecular weight excluding hydrogens is 462 g/mol. The number of hydrogen-bond donors (Lipinski definition) is 0. The largest absolute Gasteiger partial charge is 0.287 e. The van der Waals surface area contributed by atoms with Gasteiger partial charge in [0, 0.05) is 27.7 Å². The van der Waals surface area contributed by atoms with E-state index in [1.54, 1.807) is 4.57 Å². The lowest BCUT2D eigenvalue weighted by Gasteiger charge is -2.04. The highest BCUT2D eigenvalue weighted by Gasteiger charge is 2.31. The average molecular weight is 476 g/mol. The van der Waals surface area contributed by atoms with Gasteiger partial charge in [-0.2, -0.15) is 5.10 Å². The van der Waals surface area contributed by atoms with E-state index in [2.05, 4.69) is 5.10 Å². The number of halogens is 1. The van der Waals surface area contributed by atoms with Crippen molar-refractivity contribution in [2.24, 2.45) is 0 Å². The summed E-state index contributed by atoms with van der Waals surface area (Å²) in [5, 5.41) is 28.4. The Hall–Kier alpha value is -4.57. The second-order valence-electron chi connectivity index (χ2n) is 7.66. The molecule has 2 aromatic heterocycles. The summed E-state index contributed by atoms with van der Waals surface area (Å²) in [5.41, 5.74) is 1.14. The van der Waals surface area contributed by atoms with Gasteiger partial charge in [0.15, 0.2) is 0 Å². The first kappa shape index (κ1) is 21.3. The van der Waals surface area contributed by atoms with Crippen molar-refractivity contribution >= 4 is 45.2 Å². The van der Waals surface area contributed by atoms with Gasteiger partial charge in [0.2, 0.25) is 5.78 Å². The number of nitrogens with zero attached hydrogens (tertiary/aromatic N) is 5. The number of non-ortho nitro benzene ring substituents is 2. The zero-order chi connectivity index (χ0) is 24.1. The second-order valence-corrected chi connectivity index (χ2v) is 8.09. The Bertz CT molecular complexity index is 1640. The van der Waals surface area contributed by atoms with Crippen LogP contribution in [0.5, 0.6) is 0 Å². The number of carbonyl (C=O) groups is 1. The number of rotatable bonds is 5. The van der Waals surface area contributed by atoms with Crippen LogP contribution in [-0.2, 0) is 0 Å². The van der Waals surface area contributed by atoms with Crippen LogP contribution in [0.15, 0.2) is 67.0 Å². The summed E-state index contributed by atoms with van der Waals surface area (Å²) in [6.45, 7) is 1.93. The van der Waals surface area contributed by atoms with E-state index in [4.69, 9.17) is 11.6 Å². The number of fused-ring (bicyclic) bond motifs is 3. The Morgan fingerprint density at radius 1 is 0.971 bits per heavy atom. The molecule has 2 heterocycles. The third-order valence-corrected chi connectivity index (χ3v) is 5.80.